The van der Waals surface area contributed by atoms with Gasteiger partial charge in [0.15, 0.2) is 0 Å². The third-order valence-electron chi connectivity index (χ3n) is 11.1. The molecule has 0 bridgehead atoms. The van der Waals surface area contributed by atoms with E-state index in [1.54, 1.807) is 25.1 Å². The number of carbonyl (C=O) groups is 3. The second-order valence-corrected chi connectivity index (χ2v) is 20.3. The Morgan fingerprint density at radius 2 is 1.40 bits per heavy atom. The third-order valence-corrected chi connectivity index (χ3v) is 13.5. The van der Waals surface area contributed by atoms with Gasteiger partial charge in [0.05, 0.1) is 96.7 Å². The maximum absolute atomic E-state index is 12.2. The monoisotopic (exact) mass is 1060 g/mol. The number of amides is 2. The number of ether oxygens (including phenoxy) is 4. The molecule has 1 aromatic rings. The molecule has 374 valence electrons. The van der Waals surface area contributed by atoms with Crippen molar-refractivity contribution in [3.05, 3.63) is 83.1 Å². The number of imide groups is 1. The van der Waals surface area contributed by atoms with Crippen LogP contribution < -0.4 is 73.9 Å². The molecule has 26 heteroatoms. The van der Waals surface area contributed by atoms with Gasteiger partial charge in [0.25, 0.3) is 11.8 Å². The predicted octanol–water partition coefficient (Wildman–Crippen LogP) is -3.91. The van der Waals surface area contributed by atoms with Gasteiger partial charge in [0.2, 0.25) is 5.36 Å². The number of nitrogens with zero attached hydrogens (tertiary/aromatic N) is 3. The predicted molar refractivity (Wildman–Crippen MR) is 240 cm³/mol. The Balaban J connectivity index is 0.00000648. The Hall–Kier alpha value is -2.89. The van der Waals surface area contributed by atoms with E-state index in [2.05, 4.69) is 0 Å². The summed E-state index contributed by atoms with van der Waals surface area (Å²) in [5, 5.41) is 1.24. The zero-order chi connectivity index (χ0) is 49.5. The number of anilines is 1. The van der Waals surface area contributed by atoms with Crippen LogP contribution >= 0.6 is 0 Å². The first-order valence-electron chi connectivity index (χ1n) is 21.8. The first kappa shape index (κ1) is 61.4. The number of rotatable bonds is 28. The van der Waals surface area contributed by atoms with E-state index < -0.39 is 70.0 Å². The fourth-order valence-electron chi connectivity index (χ4n) is 7.78. The van der Waals surface area contributed by atoms with Crippen LogP contribution in [-0.2, 0) is 73.9 Å². The molecule has 0 N–H and O–H groups in total. The van der Waals surface area contributed by atoms with Gasteiger partial charge in [-0.2, -0.15) is 0 Å². The van der Waals surface area contributed by atoms with Crippen molar-refractivity contribution in [2.24, 2.45) is 0 Å². The van der Waals surface area contributed by atoms with E-state index in [0.717, 1.165) is 16.5 Å². The molecule has 2 amide bonds. The SMILES string of the molecule is CC[N+](CCCS(=O)(=O)[O-])=c1ccc2c(/C=C/C=C3/N(CCOCCOCCOCCOCCC(=O)ON4C(=O)CCC4=O)c4ccc(S(=O)(=O)[O-])cc4C3(C)CCCS(=O)(=O)[O-])ccoc-2c1.[Na+].[Na+]. The molecule has 1 fully saturated rings. The van der Waals surface area contributed by atoms with E-state index >= 15 is 0 Å². The van der Waals surface area contributed by atoms with Crippen LogP contribution in [0.5, 0.6) is 0 Å². The minimum absolute atomic E-state index is 0. The van der Waals surface area contributed by atoms with Crippen molar-refractivity contribution in [1.82, 2.24) is 9.64 Å². The summed E-state index contributed by atoms with van der Waals surface area (Å²) in [7, 11) is -13.8. The first-order valence-corrected chi connectivity index (χ1v) is 26.4. The molecule has 1 unspecified atom stereocenters. The fourth-order valence-corrected chi connectivity index (χ4v) is 9.25. The van der Waals surface area contributed by atoms with Gasteiger partial charge in [0.1, 0.15) is 29.0 Å². The summed E-state index contributed by atoms with van der Waals surface area (Å²) in [6.45, 7) is 6.31. The van der Waals surface area contributed by atoms with E-state index in [-0.39, 0.29) is 157 Å². The molecule has 0 aromatic heterocycles. The van der Waals surface area contributed by atoms with Crippen LogP contribution in [0.1, 0.15) is 63.5 Å². The number of hydroxylamine groups is 2. The van der Waals surface area contributed by atoms with Crippen molar-refractivity contribution in [2.45, 2.75) is 62.7 Å². The molecule has 4 aliphatic rings. The molecule has 1 saturated heterocycles. The largest absolute Gasteiger partial charge is 1.00 e. The van der Waals surface area contributed by atoms with Crippen molar-refractivity contribution >= 4 is 59.9 Å². The van der Waals surface area contributed by atoms with Crippen molar-refractivity contribution in [3.63, 3.8) is 0 Å². The quantitative estimate of drug-likeness (QED) is 0.0221. The first-order chi connectivity index (χ1) is 32.2. The Morgan fingerprint density at radius 3 is 2.00 bits per heavy atom. The van der Waals surface area contributed by atoms with Crippen LogP contribution in [0.25, 0.3) is 17.4 Å². The molecule has 5 rings (SSSR count). The summed E-state index contributed by atoms with van der Waals surface area (Å²) in [6.07, 6.45) is 6.97. The van der Waals surface area contributed by atoms with E-state index in [1.165, 1.54) is 24.5 Å². The van der Waals surface area contributed by atoms with Crippen LogP contribution in [-0.4, -0.2) is 146 Å². The van der Waals surface area contributed by atoms with Gasteiger partial charge < -0.3 is 46.8 Å². The number of benzene rings is 2. The minimum atomic E-state index is -4.88. The number of fused-ring (bicyclic) bond motifs is 2. The van der Waals surface area contributed by atoms with Gasteiger partial charge in [-0.1, -0.05) is 12.2 Å². The topological polar surface area (TPSA) is 292 Å². The van der Waals surface area contributed by atoms with Crippen LogP contribution in [0.3, 0.4) is 0 Å². The zero-order valence-electron chi connectivity index (χ0n) is 39.7. The number of hydrogen-bond donors (Lipinski definition) is 0. The smallest absolute Gasteiger partial charge is 0.748 e. The molecule has 1 aliphatic carbocycles. The maximum atomic E-state index is 12.2. The average Bonchev–Trinajstić information content (AvgIpc) is 3.70. The van der Waals surface area contributed by atoms with Crippen LogP contribution in [0.4, 0.5) is 5.69 Å². The molecule has 1 atom stereocenters. The van der Waals surface area contributed by atoms with Gasteiger partial charge in [-0.25, -0.2) is 34.6 Å². The minimum Gasteiger partial charge on any atom is -0.748 e. The van der Waals surface area contributed by atoms with Crippen LogP contribution in [0.15, 0.2) is 75.9 Å². The molecule has 0 spiro atoms. The van der Waals surface area contributed by atoms with E-state index in [9.17, 15) is 53.3 Å². The average molecular weight is 1060 g/mol. The number of hydrogen-bond acceptors (Lipinski definition) is 19. The molecule has 70 heavy (non-hydrogen) atoms. The standard InChI is InChI=1S/C44H57N3O18S3.2Na/c1-3-45(18-6-30-67(54,55)56)34-9-11-36-33(15-21-64-39(36)31-34)7-4-8-40-44(2,17-5-29-66(51,52)53)37-32-35(68(57,58)59)10-12-38(37)46(40)19-22-61-24-26-63-28-27-62-25-23-60-20-16-43(50)65-47-41(48)13-14-42(47)49;;/h4,7-12,15,21,31-32H,3,5-6,13-14,16-20,22-30H2,1-2H3,(H2-,51,52,53,54,55,56,57,58,59);;/q;2*+1/p-2. The summed E-state index contributed by atoms with van der Waals surface area (Å²) in [4.78, 5) is 41.1. The summed E-state index contributed by atoms with van der Waals surface area (Å²) in [6, 6.07) is 11.3. The number of allylic oxidation sites excluding steroid dienone is 3. The molecule has 3 aliphatic heterocycles. The van der Waals surface area contributed by atoms with Crippen molar-refractivity contribution in [1.29, 1.82) is 0 Å². The molecule has 21 nitrogen and oxygen atoms in total. The molecule has 0 saturated carbocycles. The molecular formula is C44H55N3Na2O18S3. The molecule has 0 radical (unpaired) electrons. The maximum Gasteiger partial charge on any atom is 1.00 e. The van der Waals surface area contributed by atoms with E-state index in [1.807, 2.05) is 40.7 Å². The fraction of sp³-hybridized carbons (Fsp3) is 0.500. The second-order valence-electron chi connectivity index (χ2n) is 15.9. The van der Waals surface area contributed by atoms with Crippen molar-refractivity contribution in [2.75, 3.05) is 88.9 Å². The van der Waals surface area contributed by atoms with E-state index in [0.29, 0.717) is 40.9 Å². The summed E-state index contributed by atoms with van der Waals surface area (Å²) >= 11 is 0. The van der Waals surface area contributed by atoms with Gasteiger partial charge in [-0.05, 0) is 74.2 Å². The summed E-state index contributed by atoms with van der Waals surface area (Å²) in [5.74, 6) is -2.50. The second kappa shape index (κ2) is 28.5. The normalized spacial score (nSPS) is 17.3. The molecule has 1 aromatic carbocycles. The molecular weight excluding hydrogens is 1000 g/mol. The van der Waals surface area contributed by atoms with Gasteiger partial charge in [-0.15, -0.1) is 5.06 Å². The molecule has 3 heterocycles. The van der Waals surface area contributed by atoms with E-state index in [4.69, 9.17) is 28.2 Å². The summed E-state index contributed by atoms with van der Waals surface area (Å²) < 4.78 is 135. The van der Waals surface area contributed by atoms with Gasteiger partial charge in [-0.3, -0.25) is 9.59 Å². The van der Waals surface area contributed by atoms with Crippen molar-refractivity contribution < 1.29 is 141 Å². The van der Waals surface area contributed by atoms with Crippen LogP contribution in [0, 0.1) is 0 Å². The Labute approximate surface area is 452 Å². The van der Waals surface area contributed by atoms with Gasteiger partial charge >= 0.3 is 65.1 Å². The summed E-state index contributed by atoms with van der Waals surface area (Å²) in [5.41, 5.74) is 2.06. The Bertz CT molecular complexity index is 2700. The number of carbonyl (C=O) groups excluding carboxylic acids is 3. The van der Waals surface area contributed by atoms with Crippen LogP contribution in [0.2, 0.25) is 0 Å². The Kier molecular flexibility index (Phi) is 25.0. The third kappa shape index (κ3) is 18.5. The van der Waals surface area contributed by atoms with Crippen molar-refractivity contribution in [3.8, 4) is 11.3 Å². The Morgan fingerprint density at radius 1 is 0.800 bits per heavy atom. The van der Waals surface area contributed by atoms with Gasteiger partial charge in [0, 0.05) is 65.7 Å². The zero-order valence-corrected chi connectivity index (χ0v) is 46.2.